The van der Waals surface area contributed by atoms with E-state index in [-0.39, 0.29) is 5.91 Å². The van der Waals surface area contributed by atoms with Crippen LogP contribution in [0.4, 0.5) is 5.69 Å². The fraction of sp³-hybridized carbons (Fsp3) is 0.286. The van der Waals surface area contributed by atoms with Crippen molar-refractivity contribution < 1.29 is 23.9 Å². The molecule has 0 aromatic heterocycles. The van der Waals surface area contributed by atoms with Crippen LogP contribution in [0.1, 0.15) is 22.8 Å². The van der Waals surface area contributed by atoms with E-state index >= 15 is 0 Å². The van der Waals surface area contributed by atoms with E-state index in [1.54, 1.807) is 57.4 Å². The van der Waals surface area contributed by atoms with E-state index in [1.165, 1.54) is 4.90 Å². The minimum Gasteiger partial charge on any atom is -0.479 e. The highest BCUT2D eigenvalue weighted by atomic mass is 16.6. The van der Waals surface area contributed by atoms with E-state index in [0.29, 0.717) is 17.0 Å². The van der Waals surface area contributed by atoms with E-state index in [1.807, 2.05) is 19.1 Å². The van der Waals surface area contributed by atoms with Crippen molar-refractivity contribution in [3.63, 3.8) is 0 Å². The summed E-state index contributed by atoms with van der Waals surface area (Å²) in [5.41, 5.74) is 2.09. The van der Waals surface area contributed by atoms with Crippen LogP contribution < -0.4 is 10.1 Å². The smallest absolute Gasteiger partial charge is 0.347 e. The van der Waals surface area contributed by atoms with Gasteiger partial charge in [-0.1, -0.05) is 17.7 Å². The first-order valence-corrected chi connectivity index (χ1v) is 8.78. The molecule has 1 N–H and O–H groups in total. The molecule has 0 saturated heterocycles. The molecule has 0 heterocycles. The Labute approximate surface area is 164 Å². The fourth-order valence-electron chi connectivity index (χ4n) is 2.27. The molecule has 2 aromatic rings. The lowest BCUT2D eigenvalue weighted by molar-refractivity contribution is -0.153. The van der Waals surface area contributed by atoms with Gasteiger partial charge in [0.25, 0.3) is 11.8 Å². The van der Waals surface area contributed by atoms with Crippen LogP contribution in [-0.2, 0) is 14.3 Å². The van der Waals surface area contributed by atoms with Gasteiger partial charge in [0, 0.05) is 25.3 Å². The van der Waals surface area contributed by atoms with Gasteiger partial charge in [0.15, 0.2) is 12.7 Å². The van der Waals surface area contributed by atoms with Crippen molar-refractivity contribution >= 4 is 23.5 Å². The Morgan fingerprint density at radius 2 is 1.61 bits per heavy atom. The molecule has 1 unspecified atom stereocenters. The predicted octanol–water partition coefficient (Wildman–Crippen LogP) is 2.65. The van der Waals surface area contributed by atoms with Gasteiger partial charge in [0.2, 0.25) is 0 Å². The molecular weight excluding hydrogens is 360 g/mol. The third-order valence-electron chi connectivity index (χ3n) is 3.83. The second kappa shape index (κ2) is 9.55. The lowest BCUT2D eigenvalue weighted by Crippen LogP contribution is -2.29. The summed E-state index contributed by atoms with van der Waals surface area (Å²) in [6, 6.07) is 13.7. The average Bonchev–Trinajstić information content (AvgIpc) is 2.67. The van der Waals surface area contributed by atoms with Gasteiger partial charge in [-0.25, -0.2) is 4.79 Å². The van der Waals surface area contributed by atoms with Crippen LogP contribution in [0.3, 0.4) is 0 Å². The highest BCUT2D eigenvalue weighted by molar-refractivity contribution is 5.96. The molecule has 0 radical (unpaired) electrons. The normalized spacial score (nSPS) is 11.3. The molecule has 2 rings (SSSR count). The van der Waals surface area contributed by atoms with Crippen molar-refractivity contribution in [1.82, 2.24) is 4.90 Å². The van der Waals surface area contributed by atoms with E-state index in [9.17, 15) is 14.4 Å². The Hall–Kier alpha value is -3.35. The monoisotopic (exact) mass is 384 g/mol. The summed E-state index contributed by atoms with van der Waals surface area (Å²) in [6.07, 6.45) is -0.841. The van der Waals surface area contributed by atoms with Gasteiger partial charge in [-0.15, -0.1) is 0 Å². The Balaban J connectivity index is 1.80. The second-order valence-corrected chi connectivity index (χ2v) is 6.51. The zero-order valence-corrected chi connectivity index (χ0v) is 16.4. The molecule has 28 heavy (non-hydrogen) atoms. The first-order valence-electron chi connectivity index (χ1n) is 8.78. The van der Waals surface area contributed by atoms with Gasteiger partial charge in [-0.3, -0.25) is 9.59 Å². The SMILES string of the molecule is Cc1ccc(OC(C)C(=O)OCC(=O)Nc2ccc(C(=O)N(C)C)cc2)cc1. The Morgan fingerprint density at radius 1 is 1.00 bits per heavy atom. The molecule has 0 fully saturated rings. The second-order valence-electron chi connectivity index (χ2n) is 6.51. The van der Waals surface area contributed by atoms with Crippen LogP contribution in [0, 0.1) is 6.92 Å². The number of ether oxygens (including phenoxy) is 2. The van der Waals surface area contributed by atoms with Crippen molar-refractivity contribution in [2.45, 2.75) is 20.0 Å². The molecule has 148 valence electrons. The molecule has 1 atom stereocenters. The number of carbonyl (C=O) groups excluding carboxylic acids is 3. The van der Waals surface area contributed by atoms with Crippen molar-refractivity contribution in [2.75, 3.05) is 26.0 Å². The maximum Gasteiger partial charge on any atom is 0.347 e. The van der Waals surface area contributed by atoms with Gasteiger partial charge in [0.1, 0.15) is 5.75 Å². The van der Waals surface area contributed by atoms with E-state index in [4.69, 9.17) is 9.47 Å². The number of hydrogen-bond acceptors (Lipinski definition) is 5. The number of rotatable bonds is 7. The van der Waals surface area contributed by atoms with Crippen LogP contribution in [0.25, 0.3) is 0 Å². The lowest BCUT2D eigenvalue weighted by Gasteiger charge is -2.14. The number of anilines is 1. The highest BCUT2D eigenvalue weighted by Crippen LogP contribution is 2.14. The number of esters is 1. The number of carbonyl (C=O) groups is 3. The number of aryl methyl sites for hydroxylation is 1. The van der Waals surface area contributed by atoms with Gasteiger partial charge >= 0.3 is 5.97 Å². The van der Waals surface area contributed by atoms with E-state index < -0.39 is 24.6 Å². The Kier molecular flexibility index (Phi) is 7.14. The quantitative estimate of drug-likeness (QED) is 0.742. The van der Waals surface area contributed by atoms with Crippen LogP contribution in [-0.4, -0.2) is 49.5 Å². The van der Waals surface area contributed by atoms with Crippen molar-refractivity contribution in [2.24, 2.45) is 0 Å². The Morgan fingerprint density at radius 3 is 2.18 bits per heavy atom. The fourth-order valence-corrected chi connectivity index (χ4v) is 2.27. The van der Waals surface area contributed by atoms with Crippen molar-refractivity contribution in [1.29, 1.82) is 0 Å². The molecule has 2 aromatic carbocycles. The predicted molar refractivity (Wildman–Crippen MR) is 105 cm³/mol. The van der Waals surface area contributed by atoms with Crippen LogP contribution >= 0.6 is 0 Å². The summed E-state index contributed by atoms with van der Waals surface area (Å²) in [4.78, 5) is 37.2. The van der Waals surface area contributed by atoms with Crippen LogP contribution in [0.2, 0.25) is 0 Å². The van der Waals surface area contributed by atoms with Crippen molar-refractivity contribution in [3.8, 4) is 5.75 Å². The van der Waals surface area contributed by atoms with E-state index in [0.717, 1.165) is 5.56 Å². The molecule has 7 nitrogen and oxygen atoms in total. The number of benzene rings is 2. The zero-order valence-electron chi connectivity index (χ0n) is 16.4. The largest absolute Gasteiger partial charge is 0.479 e. The Bertz CT molecular complexity index is 829. The lowest BCUT2D eigenvalue weighted by atomic mass is 10.2. The topological polar surface area (TPSA) is 84.9 Å². The summed E-state index contributed by atoms with van der Waals surface area (Å²) < 4.78 is 10.5. The standard InChI is InChI=1S/C21H24N2O5/c1-14-5-11-18(12-6-14)28-15(2)21(26)27-13-19(24)22-17-9-7-16(8-10-17)20(25)23(3)4/h5-12,15H,13H2,1-4H3,(H,22,24). The molecule has 0 aliphatic rings. The molecule has 0 saturated carbocycles. The minimum absolute atomic E-state index is 0.130. The number of nitrogens with one attached hydrogen (secondary N) is 1. The third kappa shape index (κ3) is 6.12. The molecule has 7 heteroatoms. The van der Waals surface area contributed by atoms with Gasteiger partial charge in [-0.2, -0.15) is 0 Å². The summed E-state index contributed by atoms with van der Waals surface area (Å²) in [6.45, 7) is 3.08. The van der Waals surface area contributed by atoms with Gasteiger partial charge < -0.3 is 19.7 Å². The maximum atomic E-state index is 12.0. The molecule has 0 aliphatic carbocycles. The van der Waals surface area contributed by atoms with Crippen molar-refractivity contribution in [3.05, 3.63) is 59.7 Å². The first kappa shape index (κ1) is 21.0. The zero-order chi connectivity index (χ0) is 20.7. The summed E-state index contributed by atoms with van der Waals surface area (Å²) in [5.74, 6) is -0.702. The molecule has 0 aliphatic heterocycles. The highest BCUT2D eigenvalue weighted by Gasteiger charge is 2.18. The van der Waals surface area contributed by atoms with E-state index in [2.05, 4.69) is 5.32 Å². The number of hydrogen-bond donors (Lipinski definition) is 1. The minimum atomic E-state index is -0.841. The van der Waals surface area contributed by atoms with Crippen LogP contribution in [0.5, 0.6) is 5.75 Å². The number of nitrogens with zero attached hydrogens (tertiary/aromatic N) is 1. The molecule has 0 bridgehead atoms. The molecular formula is C21H24N2O5. The molecule has 2 amide bonds. The third-order valence-corrected chi connectivity index (χ3v) is 3.83. The average molecular weight is 384 g/mol. The van der Waals surface area contributed by atoms with Gasteiger partial charge in [-0.05, 0) is 50.2 Å². The first-order chi connectivity index (χ1) is 13.3. The van der Waals surface area contributed by atoms with Gasteiger partial charge in [0.05, 0.1) is 0 Å². The summed E-state index contributed by atoms with van der Waals surface area (Å²) in [7, 11) is 3.33. The summed E-state index contributed by atoms with van der Waals surface area (Å²) >= 11 is 0. The summed E-state index contributed by atoms with van der Waals surface area (Å²) in [5, 5.41) is 2.61. The van der Waals surface area contributed by atoms with Crippen LogP contribution in [0.15, 0.2) is 48.5 Å². The number of amides is 2. The maximum absolute atomic E-state index is 12.0. The molecule has 0 spiro atoms.